The van der Waals surface area contributed by atoms with Crippen molar-refractivity contribution >= 4 is 23.0 Å². The number of pyridine rings is 1. The molecule has 34 heavy (non-hydrogen) atoms. The number of alkyl halides is 3. The van der Waals surface area contributed by atoms with Gasteiger partial charge in [0.15, 0.2) is 5.82 Å². The molecule has 0 radical (unpaired) electrons. The van der Waals surface area contributed by atoms with E-state index in [0.717, 1.165) is 48.2 Å². The fraction of sp³-hybridized carbons (Fsp3) is 0.280. The zero-order valence-electron chi connectivity index (χ0n) is 18.4. The number of nitrogens with zero attached hydrogens (tertiary/aromatic N) is 3. The third-order valence-corrected chi connectivity index (χ3v) is 5.82. The third kappa shape index (κ3) is 5.59. The molecule has 1 aromatic carbocycles. The first-order valence-corrected chi connectivity index (χ1v) is 10.9. The average Bonchev–Trinajstić information content (AvgIpc) is 2.79. The van der Waals surface area contributed by atoms with Crippen molar-refractivity contribution in [2.45, 2.75) is 38.8 Å². The number of carboxylic acids is 1. The van der Waals surface area contributed by atoms with Crippen molar-refractivity contribution in [3.05, 3.63) is 71.6 Å². The summed E-state index contributed by atoms with van der Waals surface area (Å²) in [5.41, 5.74) is 4.22. The van der Waals surface area contributed by atoms with E-state index in [4.69, 9.17) is 5.11 Å². The van der Waals surface area contributed by atoms with Gasteiger partial charge in [0.2, 0.25) is 0 Å². The first-order chi connectivity index (χ1) is 16.2. The highest BCUT2D eigenvalue weighted by molar-refractivity contribution is 5.72. The molecule has 4 rings (SSSR count). The highest BCUT2D eigenvalue weighted by atomic mass is 19.4. The van der Waals surface area contributed by atoms with Crippen molar-refractivity contribution in [3.63, 3.8) is 0 Å². The molecule has 2 heterocycles. The number of benzene rings is 1. The minimum absolute atomic E-state index is 0.198. The summed E-state index contributed by atoms with van der Waals surface area (Å²) in [5.74, 6) is -0.147. The van der Waals surface area contributed by atoms with E-state index >= 15 is 0 Å². The molecule has 176 valence electrons. The Hall–Kier alpha value is -3.75. The summed E-state index contributed by atoms with van der Waals surface area (Å²) in [6.07, 6.45) is 1.47. The van der Waals surface area contributed by atoms with Crippen LogP contribution in [0, 0.1) is 12.8 Å². The van der Waals surface area contributed by atoms with Crippen LogP contribution >= 0.6 is 0 Å². The van der Waals surface area contributed by atoms with Gasteiger partial charge in [-0.05, 0) is 67.0 Å². The molecular weight excluding hydrogens is 445 g/mol. The minimum atomic E-state index is -4.48. The van der Waals surface area contributed by atoms with Crippen LogP contribution in [0.25, 0.3) is 16.8 Å². The van der Waals surface area contributed by atoms with E-state index in [1.165, 1.54) is 11.6 Å². The topological polar surface area (TPSA) is 88.0 Å². The molecule has 0 saturated heterocycles. The SMILES string of the molecule is Cc1cc(Nc2ccc(C(F)(F)F)nc2)nnc1-c1ccc(C2=CCC(CC(=O)O)CC2)cc1. The Morgan fingerprint density at radius 1 is 1.12 bits per heavy atom. The predicted molar refractivity (Wildman–Crippen MR) is 122 cm³/mol. The molecule has 1 aliphatic rings. The number of aromatic nitrogens is 3. The van der Waals surface area contributed by atoms with Gasteiger partial charge in [-0.2, -0.15) is 13.2 Å². The van der Waals surface area contributed by atoms with Crippen LogP contribution < -0.4 is 5.32 Å². The lowest BCUT2D eigenvalue weighted by Crippen LogP contribution is -2.10. The fourth-order valence-electron chi connectivity index (χ4n) is 4.04. The number of halogens is 3. The quantitative estimate of drug-likeness (QED) is 0.443. The summed E-state index contributed by atoms with van der Waals surface area (Å²) in [7, 11) is 0. The summed E-state index contributed by atoms with van der Waals surface area (Å²) in [6.45, 7) is 1.89. The second-order valence-corrected chi connectivity index (χ2v) is 8.36. The molecule has 0 spiro atoms. The summed E-state index contributed by atoms with van der Waals surface area (Å²) in [4.78, 5) is 14.3. The first-order valence-electron chi connectivity index (χ1n) is 10.9. The number of anilines is 2. The van der Waals surface area contributed by atoms with E-state index in [0.29, 0.717) is 17.2 Å². The van der Waals surface area contributed by atoms with Gasteiger partial charge in [-0.1, -0.05) is 30.3 Å². The number of hydrogen-bond donors (Lipinski definition) is 2. The van der Waals surface area contributed by atoms with Crippen molar-refractivity contribution in [1.29, 1.82) is 0 Å². The van der Waals surface area contributed by atoms with Gasteiger partial charge in [0.05, 0.1) is 17.6 Å². The lowest BCUT2D eigenvalue weighted by atomic mass is 9.85. The second-order valence-electron chi connectivity index (χ2n) is 8.36. The van der Waals surface area contributed by atoms with Crippen molar-refractivity contribution in [3.8, 4) is 11.3 Å². The molecule has 0 aliphatic heterocycles. The predicted octanol–water partition coefficient (Wildman–Crippen LogP) is 6.27. The molecule has 3 aromatic rings. The van der Waals surface area contributed by atoms with Crippen molar-refractivity contribution in [2.24, 2.45) is 5.92 Å². The monoisotopic (exact) mass is 468 g/mol. The van der Waals surface area contributed by atoms with Gasteiger partial charge in [0, 0.05) is 12.0 Å². The summed E-state index contributed by atoms with van der Waals surface area (Å²) in [6, 6.07) is 12.0. The third-order valence-electron chi connectivity index (χ3n) is 5.82. The molecule has 1 atom stereocenters. The first kappa shape index (κ1) is 23.4. The molecule has 2 N–H and O–H groups in total. The van der Waals surface area contributed by atoms with E-state index in [1.807, 2.05) is 31.2 Å². The fourth-order valence-corrected chi connectivity index (χ4v) is 4.04. The van der Waals surface area contributed by atoms with E-state index in [2.05, 4.69) is 26.6 Å². The van der Waals surface area contributed by atoms with Crippen molar-refractivity contribution in [2.75, 3.05) is 5.32 Å². The van der Waals surface area contributed by atoms with Crippen LogP contribution in [0.3, 0.4) is 0 Å². The minimum Gasteiger partial charge on any atom is -0.481 e. The molecule has 1 unspecified atom stereocenters. The standard InChI is InChI=1S/C25H23F3N4O2/c1-15-12-22(30-20-10-11-21(29-14-20)25(26,27)28)31-32-24(15)19-8-6-18(7-9-19)17-4-2-16(3-5-17)13-23(33)34/h4,6-12,14,16H,2-3,5,13H2,1H3,(H,30,31)(H,33,34). The Balaban J connectivity index is 1.44. The normalized spacial score (nSPS) is 16.1. The van der Waals surface area contributed by atoms with Gasteiger partial charge < -0.3 is 10.4 Å². The lowest BCUT2D eigenvalue weighted by Gasteiger charge is -2.20. The average molecular weight is 468 g/mol. The number of carbonyl (C=O) groups is 1. The number of aryl methyl sites for hydroxylation is 1. The second kappa shape index (κ2) is 9.62. The van der Waals surface area contributed by atoms with Gasteiger partial charge >= 0.3 is 12.1 Å². The molecule has 9 heteroatoms. The van der Waals surface area contributed by atoms with Crippen LogP contribution in [-0.4, -0.2) is 26.3 Å². The van der Waals surface area contributed by atoms with Crippen LogP contribution in [0.2, 0.25) is 0 Å². The Bertz CT molecular complexity index is 1210. The number of hydrogen-bond acceptors (Lipinski definition) is 5. The summed E-state index contributed by atoms with van der Waals surface area (Å²) >= 11 is 0. The highest BCUT2D eigenvalue weighted by Gasteiger charge is 2.32. The molecule has 0 saturated carbocycles. The zero-order valence-corrected chi connectivity index (χ0v) is 18.4. The summed E-state index contributed by atoms with van der Waals surface area (Å²) < 4.78 is 38.0. The van der Waals surface area contributed by atoms with E-state index in [1.54, 1.807) is 6.07 Å². The smallest absolute Gasteiger partial charge is 0.433 e. The van der Waals surface area contributed by atoms with Gasteiger partial charge in [0.25, 0.3) is 0 Å². The van der Waals surface area contributed by atoms with Crippen LogP contribution in [0.1, 0.15) is 42.5 Å². The summed E-state index contributed by atoms with van der Waals surface area (Å²) in [5, 5.41) is 20.3. The number of aliphatic carboxylic acids is 1. The Morgan fingerprint density at radius 2 is 1.85 bits per heavy atom. The van der Waals surface area contributed by atoms with E-state index in [9.17, 15) is 18.0 Å². The maximum absolute atomic E-state index is 12.7. The molecule has 0 amide bonds. The number of rotatable bonds is 6. The number of nitrogens with one attached hydrogen (secondary N) is 1. The van der Waals surface area contributed by atoms with Gasteiger partial charge in [-0.3, -0.25) is 4.79 Å². The van der Waals surface area contributed by atoms with Crippen LogP contribution in [-0.2, 0) is 11.0 Å². The Kier molecular flexibility index (Phi) is 6.63. The van der Waals surface area contributed by atoms with Crippen molar-refractivity contribution in [1.82, 2.24) is 15.2 Å². The van der Waals surface area contributed by atoms with E-state index < -0.39 is 17.8 Å². The Morgan fingerprint density at radius 3 is 2.41 bits per heavy atom. The Labute approximate surface area is 194 Å². The van der Waals surface area contributed by atoms with Gasteiger partial charge in [0.1, 0.15) is 5.69 Å². The maximum atomic E-state index is 12.7. The zero-order chi connectivity index (χ0) is 24.3. The molecule has 6 nitrogen and oxygen atoms in total. The van der Waals surface area contributed by atoms with Crippen LogP contribution in [0.4, 0.5) is 24.7 Å². The molecule has 0 fully saturated rings. The molecule has 2 aromatic heterocycles. The van der Waals surface area contributed by atoms with Crippen molar-refractivity contribution < 1.29 is 23.1 Å². The number of carboxylic acid groups (broad SMARTS) is 1. The molecule has 1 aliphatic carbocycles. The van der Waals surface area contributed by atoms with E-state index in [-0.39, 0.29) is 12.3 Å². The highest BCUT2D eigenvalue weighted by Crippen LogP contribution is 2.33. The van der Waals surface area contributed by atoms with Gasteiger partial charge in [-0.15, -0.1) is 10.2 Å². The van der Waals surface area contributed by atoms with Crippen LogP contribution in [0.15, 0.2) is 54.7 Å². The number of allylic oxidation sites excluding steroid dienone is 2. The lowest BCUT2D eigenvalue weighted by molar-refractivity contribution is -0.141. The molecule has 0 bridgehead atoms. The maximum Gasteiger partial charge on any atom is 0.433 e. The van der Waals surface area contributed by atoms with Gasteiger partial charge in [-0.25, -0.2) is 4.98 Å². The molecular formula is C25H23F3N4O2. The van der Waals surface area contributed by atoms with Crippen LogP contribution in [0.5, 0.6) is 0 Å². The largest absolute Gasteiger partial charge is 0.481 e.